The molecule has 1 unspecified atom stereocenters. The van der Waals surface area contributed by atoms with Gasteiger partial charge in [-0.15, -0.1) is 0 Å². The zero-order chi connectivity index (χ0) is 18.1. The van der Waals surface area contributed by atoms with Crippen LogP contribution in [0.1, 0.15) is 43.0 Å². The van der Waals surface area contributed by atoms with E-state index in [-0.39, 0.29) is 12.0 Å². The van der Waals surface area contributed by atoms with E-state index in [0.29, 0.717) is 17.4 Å². The van der Waals surface area contributed by atoms with E-state index in [1.165, 1.54) is 12.8 Å². The Morgan fingerprint density at radius 2 is 1.81 bits per heavy atom. The van der Waals surface area contributed by atoms with Gasteiger partial charge in [0.2, 0.25) is 5.91 Å². The molecule has 1 amide bonds. The Morgan fingerprint density at radius 1 is 1.04 bits per heavy atom. The molecule has 4 rings (SSSR count). The first-order valence-corrected chi connectivity index (χ1v) is 9.40. The lowest BCUT2D eigenvalue weighted by Crippen LogP contribution is -2.44. The van der Waals surface area contributed by atoms with Crippen molar-refractivity contribution in [2.75, 3.05) is 20.8 Å². The van der Waals surface area contributed by atoms with Crippen molar-refractivity contribution in [1.29, 1.82) is 0 Å². The minimum atomic E-state index is -0.0772. The summed E-state index contributed by atoms with van der Waals surface area (Å²) >= 11 is 0. The Kier molecular flexibility index (Phi) is 4.62. The molecule has 0 saturated heterocycles. The summed E-state index contributed by atoms with van der Waals surface area (Å²) in [5.41, 5.74) is 2.23. The van der Waals surface area contributed by atoms with Gasteiger partial charge >= 0.3 is 0 Å². The minimum Gasteiger partial charge on any atom is -0.493 e. The van der Waals surface area contributed by atoms with E-state index in [2.05, 4.69) is 27.8 Å². The van der Waals surface area contributed by atoms with Gasteiger partial charge in [0.15, 0.2) is 11.5 Å². The third-order valence-corrected chi connectivity index (χ3v) is 5.75. The van der Waals surface area contributed by atoms with Crippen molar-refractivity contribution in [3.8, 4) is 11.5 Å². The number of fused-ring (bicyclic) bond motifs is 1. The summed E-state index contributed by atoms with van der Waals surface area (Å²) in [6.07, 6.45) is 6.48. The Bertz CT molecular complexity index is 792. The van der Waals surface area contributed by atoms with Crippen molar-refractivity contribution in [1.82, 2.24) is 9.47 Å². The number of nitrogens with zero attached hydrogens (tertiary/aromatic N) is 2. The van der Waals surface area contributed by atoms with Crippen molar-refractivity contribution >= 4 is 5.91 Å². The van der Waals surface area contributed by atoms with Crippen LogP contribution >= 0.6 is 0 Å². The molecule has 1 fully saturated rings. The molecule has 0 bridgehead atoms. The van der Waals surface area contributed by atoms with E-state index in [0.717, 1.165) is 37.2 Å². The molecule has 1 atom stereocenters. The molecule has 1 aliphatic carbocycles. The summed E-state index contributed by atoms with van der Waals surface area (Å²) in [5.74, 6) is 1.88. The van der Waals surface area contributed by atoms with Crippen LogP contribution in [-0.2, 0) is 11.3 Å². The van der Waals surface area contributed by atoms with Gasteiger partial charge in [-0.25, -0.2) is 0 Å². The number of amides is 1. The van der Waals surface area contributed by atoms with Crippen LogP contribution in [0.15, 0.2) is 36.5 Å². The lowest BCUT2D eigenvalue weighted by atomic mass is 9.96. The Labute approximate surface area is 154 Å². The fraction of sp³-hybridized carbons (Fsp3) is 0.476. The third-order valence-electron chi connectivity index (χ3n) is 5.75. The van der Waals surface area contributed by atoms with Crippen LogP contribution in [0, 0.1) is 5.92 Å². The van der Waals surface area contributed by atoms with E-state index in [4.69, 9.17) is 9.47 Å². The second-order valence-electron chi connectivity index (χ2n) is 7.16. The predicted molar refractivity (Wildman–Crippen MR) is 99.5 cm³/mol. The summed E-state index contributed by atoms with van der Waals surface area (Å²) in [4.78, 5) is 15.3. The largest absolute Gasteiger partial charge is 0.493 e. The number of methoxy groups -OCH3 is 2. The minimum absolute atomic E-state index is 0.0772. The molecule has 1 aromatic heterocycles. The molecule has 0 N–H and O–H groups in total. The molecule has 2 heterocycles. The monoisotopic (exact) mass is 354 g/mol. The van der Waals surface area contributed by atoms with Crippen molar-refractivity contribution in [2.45, 2.75) is 38.3 Å². The summed E-state index contributed by atoms with van der Waals surface area (Å²) in [7, 11) is 3.28. The number of ether oxygens (including phenoxy) is 2. The van der Waals surface area contributed by atoms with Gasteiger partial charge < -0.3 is 18.9 Å². The quantitative estimate of drug-likeness (QED) is 0.842. The van der Waals surface area contributed by atoms with Gasteiger partial charge in [-0.3, -0.25) is 4.79 Å². The van der Waals surface area contributed by atoms with Crippen molar-refractivity contribution < 1.29 is 14.3 Å². The van der Waals surface area contributed by atoms with Crippen LogP contribution in [0.2, 0.25) is 0 Å². The first-order chi connectivity index (χ1) is 12.7. The third kappa shape index (κ3) is 2.85. The molecule has 1 saturated carbocycles. The molecule has 1 aromatic carbocycles. The molecule has 1 aliphatic heterocycles. The highest BCUT2D eigenvalue weighted by Crippen LogP contribution is 2.39. The first-order valence-electron chi connectivity index (χ1n) is 9.40. The van der Waals surface area contributed by atoms with E-state index < -0.39 is 0 Å². The normalized spacial score (nSPS) is 20.1. The molecule has 0 radical (unpaired) electrons. The lowest BCUT2D eigenvalue weighted by Gasteiger charge is -2.39. The van der Waals surface area contributed by atoms with Gasteiger partial charge in [0.1, 0.15) is 0 Å². The van der Waals surface area contributed by atoms with E-state index >= 15 is 0 Å². The maximum Gasteiger partial charge on any atom is 0.226 e. The zero-order valence-corrected chi connectivity index (χ0v) is 15.5. The Balaban J connectivity index is 1.75. The highest BCUT2D eigenvalue weighted by Gasteiger charge is 2.36. The van der Waals surface area contributed by atoms with Gasteiger partial charge in [-0.1, -0.05) is 18.9 Å². The van der Waals surface area contributed by atoms with Crippen LogP contribution in [0.5, 0.6) is 11.5 Å². The van der Waals surface area contributed by atoms with Crippen molar-refractivity contribution in [3.05, 3.63) is 47.8 Å². The second-order valence-corrected chi connectivity index (χ2v) is 7.16. The molecule has 138 valence electrons. The number of rotatable bonds is 4. The Morgan fingerprint density at radius 3 is 2.54 bits per heavy atom. The van der Waals surface area contributed by atoms with Gasteiger partial charge in [-0.05, 0) is 42.7 Å². The smallest absolute Gasteiger partial charge is 0.226 e. The fourth-order valence-corrected chi connectivity index (χ4v) is 4.40. The van der Waals surface area contributed by atoms with Crippen LogP contribution in [0.3, 0.4) is 0 Å². The van der Waals surface area contributed by atoms with Gasteiger partial charge in [0.05, 0.1) is 20.3 Å². The summed E-state index contributed by atoms with van der Waals surface area (Å²) in [5, 5.41) is 0. The van der Waals surface area contributed by atoms with E-state index in [9.17, 15) is 4.79 Å². The average Bonchev–Trinajstić information content (AvgIpc) is 3.37. The molecule has 5 heteroatoms. The van der Waals surface area contributed by atoms with Gasteiger partial charge in [0, 0.05) is 30.9 Å². The SMILES string of the molecule is COc1ccc(C2c3cccn3CCN2C(=O)C2CCCC2)cc1OC. The van der Waals surface area contributed by atoms with Gasteiger partial charge in [-0.2, -0.15) is 0 Å². The molecular formula is C21H26N2O3. The Hall–Kier alpha value is -2.43. The predicted octanol–water partition coefficient (Wildman–Crippen LogP) is 3.63. The first kappa shape index (κ1) is 17.0. The second kappa shape index (κ2) is 7.06. The number of carbonyl (C=O) groups is 1. The highest BCUT2D eigenvalue weighted by atomic mass is 16.5. The number of hydrogen-bond donors (Lipinski definition) is 0. The summed E-state index contributed by atoms with van der Waals surface area (Å²) in [6, 6.07) is 10.1. The maximum absolute atomic E-state index is 13.3. The fourth-order valence-electron chi connectivity index (χ4n) is 4.40. The molecule has 2 aromatic rings. The topological polar surface area (TPSA) is 43.7 Å². The van der Waals surface area contributed by atoms with Crippen LogP contribution in [0.25, 0.3) is 0 Å². The highest BCUT2D eigenvalue weighted by molar-refractivity contribution is 5.80. The van der Waals surface area contributed by atoms with Crippen LogP contribution < -0.4 is 9.47 Å². The van der Waals surface area contributed by atoms with Crippen molar-refractivity contribution in [3.63, 3.8) is 0 Å². The summed E-state index contributed by atoms with van der Waals surface area (Å²) < 4.78 is 13.1. The van der Waals surface area contributed by atoms with E-state index in [1.807, 2.05) is 18.2 Å². The summed E-state index contributed by atoms with van der Waals surface area (Å²) in [6.45, 7) is 1.60. The zero-order valence-electron chi connectivity index (χ0n) is 15.5. The lowest BCUT2D eigenvalue weighted by molar-refractivity contribution is -0.138. The van der Waals surface area contributed by atoms with Gasteiger partial charge in [0.25, 0.3) is 0 Å². The number of aromatic nitrogens is 1. The van der Waals surface area contributed by atoms with Crippen molar-refractivity contribution in [2.24, 2.45) is 5.92 Å². The standard InChI is InChI=1S/C21H26N2O3/c1-25-18-10-9-16(14-19(18)26-2)20-17-8-5-11-22(17)12-13-23(20)21(24)15-6-3-4-7-15/h5,8-11,14-15,20H,3-4,6-7,12-13H2,1-2H3. The van der Waals surface area contributed by atoms with E-state index in [1.54, 1.807) is 14.2 Å². The van der Waals surface area contributed by atoms with Crippen LogP contribution in [-0.4, -0.2) is 36.1 Å². The molecule has 2 aliphatic rings. The molecular weight excluding hydrogens is 328 g/mol. The van der Waals surface area contributed by atoms with Crippen LogP contribution in [0.4, 0.5) is 0 Å². The number of carbonyl (C=O) groups excluding carboxylic acids is 1. The molecule has 26 heavy (non-hydrogen) atoms. The molecule has 0 spiro atoms. The average molecular weight is 354 g/mol. The number of benzene rings is 1. The maximum atomic E-state index is 13.3. The number of hydrogen-bond acceptors (Lipinski definition) is 3. The molecule has 5 nitrogen and oxygen atoms in total.